The van der Waals surface area contributed by atoms with E-state index in [0.717, 1.165) is 11.1 Å². The summed E-state index contributed by atoms with van der Waals surface area (Å²) in [5.74, 6) is 6.19. The van der Waals surface area contributed by atoms with Crippen LogP contribution in [0.25, 0.3) is 0 Å². The van der Waals surface area contributed by atoms with Crippen LogP contribution in [-0.2, 0) is 0 Å². The minimum Gasteiger partial charge on any atom is -0.0876 e. The summed E-state index contributed by atoms with van der Waals surface area (Å²) < 4.78 is 0. The van der Waals surface area contributed by atoms with E-state index in [1.807, 2.05) is 62.4 Å². The lowest BCUT2D eigenvalue weighted by atomic mass is 10.2. The molecule has 0 saturated heterocycles. The van der Waals surface area contributed by atoms with Gasteiger partial charge in [-0.2, -0.15) is 0 Å². The molecule has 0 N–H and O–H groups in total. The van der Waals surface area contributed by atoms with Crippen LogP contribution >= 0.6 is 0 Å². The Hall–Kier alpha value is -1.74. The maximum absolute atomic E-state index is 3.10. The van der Waals surface area contributed by atoms with Crippen molar-refractivity contribution in [2.75, 3.05) is 0 Å². The molecular formula is C14H14. The summed E-state index contributed by atoms with van der Waals surface area (Å²) in [7, 11) is 0. The normalized spacial score (nSPS) is 11.1. The Balaban J connectivity index is 2.74. The first-order valence-corrected chi connectivity index (χ1v) is 4.69. The number of allylic oxidation sites excluding steroid dienone is 4. The summed E-state index contributed by atoms with van der Waals surface area (Å²) in [5, 5.41) is 0. The number of benzene rings is 1. The zero-order chi connectivity index (χ0) is 10.2. The Labute approximate surface area is 86.0 Å². The number of hydrogen-bond acceptors (Lipinski definition) is 0. The van der Waals surface area contributed by atoms with Crippen molar-refractivity contribution in [1.29, 1.82) is 0 Å². The lowest BCUT2D eigenvalue weighted by Crippen LogP contribution is -1.72. The summed E-state index contributed by atoms with van der Waals surface area (Å²) in [6.07, 6.45) is 6.00. The van der Waals surface area contributed by atoms with Crippen molar-refractivity contribution in [3.05, 3.63) is 59.7 Å². The van der Waals surface area contributed by atoms with E-state index in [4.69, 9.17) is 0 Å². The van der Waals surface area contributed by atoms with Crippen LogP contribution in [-0.4, -0.2) is 0 Å². The van der Waals surface area contributed by atoms with Gasteiger partial charge in [0, 0.05) is 5.56 Å². The highest BCUT2D eigenvalue weighted by molar-refractivity contribution is 5.40. The molecule has 0 unspecified atom stereocenters. The lowest BCUT2D eigenvalue weighted by Gasteiger charge is -1.87. The first kappa shape index (κ1) is 10.3. The second-order valence-corrected chi connectivity index (χ2v) is 2.99. The summed E-state index contributed by atoms with van der Waals surface area (Å²) in [5.41, 5.74) is 2.13. The second kappa shape index (κ2) is 5.83. The first-order valence-electron chi connectivity index (χ1n) is 4.69. The molecule has 0 radical (unpaired) electrons. The largest absolute Gasteiger partial charge is 0.0876 e. The fourth-order valence-electron chi connectivity index (χ4n) is 0.974. The van der Waals surface area contributed by atoms with E-state index in [2.05, 4.69) is 11.8 Å². The van der Waals surface area contributed by atoms with Gasteiger partial charge in [-0.15, -0.1) is 0 Å². The van der Waals surface area contributed by atoms with Crippen LogP contribution in [0.1, 0.15) is 19.4 Å². The zero-order valence-electron chi connectivity index (χ0n) is 8.62. The van der Waals surface area contributed by atoms with Gasteiger partial charge >= 0.3 is 0 Å². The van der Waals surface area contributed by atoms with Gasteiger partial charge in [-0.25, -0.2) is 0 Å². The SMILES string of the molecule is C/C=C\C=C(/C)C#Cc1ccccc1. The van der Waals surface area contributed by atoms with Crippen LogP contribution in [0.15, 0.2) is 54.1 Å². The molecule has 0 nitrogen and oxygen atoms in total. The fourth-order valence-corrected chi connectivity index (χ4v) is 0.974. The van der Waals surface area contributed by atoms with Gasteiger partial charge in [-0.1, -0.05) is 48.3 Å². The third-order valence-electron chi connectivity index (χ3n) is 1.72. The monoisotopic (exact) mass is 182 g/mol. The van der Waals surface area contributed by atoms with Crippen molar-refractivity contribution in [1.82, 2.24) is 0 Å². The van der Waals surface area contributed by atoms with E-state index in [-0.39, 0.29) is 0 Å². The topological polar surface area (TPSA) is 0 Å². The Morgan fingerprint density at radius 2 is 1.93 bits per heavy atom. The maximum atomic E-state index is 3.10. The predicted octanol–water partition coefficient (Wildman–Crippen LogP) is 3.56. The first-order chi connectivity index (χ1) is 6.83. The molecule has 0 aromatic heterocycles. The van der Waals surface area contributed by atoms with Gasteiger partial charge in [0.25, 0.3) is 0 Å². The van der Waals surface area contributed by atoms with Crippen LogP contribution in [0.5, 0.6) is 0 Å². The van der Waals surface area contributed by atoms with Gasteiger partial charge in [0.2, 0.25) is 0 Å². The van der Waals surface area contributed by atoms with Crippen molar-refractivity contribution < 1.29 is 0 Å². The summed E-state index contributed by atoms with van der Waals surface area (Å²) in [6, 6.07) is 10.0. The quantitative estimate of drug-likeness (QED) is 0.460. The highest BCUT2D eigenvalue weighted by atomic mass is 13.9. The highest BCUT2D eigenvalue weighted by Crippen LogP contribution is 1.97. The molecule has 1 aromatic rings. The molecule has 14 heavy (non-hydrogen) atoms. The summed E-state index contributed by atoms with van der Waals surface area (Å²) in [4.78, 5) is 0. The number of hydrogen-bond donors (Lipinski definition) is 0. The third kappa shape index (κ3) is 3.78. The molecule has 0 bridgehead atoms. The van der Waals surface area contributed by atoms with E-state index < -0.39 is 0 Å². The lowest BCUT2D eigenvalue weighted by molar-refractivity contribution is 1.56. The van der Waals surface area contributed by atoms with Crippen LogP contribution in [0.4, 0.5) is 0 Å². The molecule has 0 saturated carbocycles. The molecule has 1 rings (SSSR count). The zero-order valence-corrected chi connectivity index (χ0v) is 8.62. The molecular weight excluding hydrogens is 168 g/mol. The number of rotatable bonds is 1. The van der Waals surface area contributed by atoms with Crippen molar-refractivity contribution in [3.63, 3.8) is 0 Å². The Bertz CT molecular complexity index is 383. The minimum absolute atomic E-state index is 1.06. The molecule has 0 aliphatic carbocycles. The van der Waals surface area contributed by atoms with E-state index in [1.165, 1.54) is 0 Å². The molecule has 0 atom stereocenters. The smallest absolute Gasteiger partial charge is 0.0248 e. The fraction of sp³-hybridized carbons (Fsp3) is 0.143. The van der Waals surface area contributed by atoms with Crippen LogP contribution in [0.3, 0.4) is 0 Å². The average molecular weight is 182 g/mol. The van der Waals surface area contributed by atoms with Gasteiger partial charge < -0.3 is 0 Å². The van der Waals surface area contributed by atoms with Gasteiger partial charge in [-0.3, -0.25) is 0 Å². The molecule has 0 spiro atoms. The minimum atomic E-state index is 1.06. The standard InChI is InChI=1S/C14H14/c1-3-4-8-13(2)11-12-14-9-6-5-7-10-14/h3-10H,1-2H3/b4-3-,13-8+. The molecule has 0 fully saturated rings. The van der Waals surface area contributed by atoms with Crippen LogP contribution < -0.4 is 0 Å². The van der Waals surface area contributed by atoms with Gasteiger partial charge in [0.1, 0.15) is 0 Å². The Kier molecular flexibility index (Phi) is 4.31. The molecule has 0 aliphatic rings. The van der Waals surface area contributed by atoms with Crippen LogP contribution in [0, 0.1) is 11.8 Å². The van der Waals surface area contributed by atoms with Gasteiger partial charge in [-0.05, 0) is 31.6 Å². The van der Waals surface area contributed by atoms with E-state index in [9.17, 15) is 0 Å². The third-order valence-corrected chi connectivity index (χ3v) is 1.72. The average Bonchev–Trinajstić information content (AvgIpc) is 2.25. The Morgan fingerprint density at radius 1 is 1.21 bits per heavy atom. The van der Waals surface area contributed by atoms with Crippen molar-refractivity contribution >= 4 is 0 Å². The molecule has 0 heteroatoms. The van der Waals surface area contributed by atoms with Gasteiger partial charge in [0.05, 0.1) is 0 Å². The molecule has 1 aromatic carbocycles. The van der Waals surface area contributed by atoms with Crippen molar-refractivity contribution in [2.24, 2.45) is 0 Å². The second-order valence-electron chi connectivity index (χ2n) is 2.99. The van der Waals surface area contributed by atoms with E-state index >= 15 is 0 Å². The summed E-state index contributed by atoms with van der Waals surface area (Å²) in [6.45, 7) is 4.00. The highest BCUT2D eigenvalue weighted by Gasteiger charge is 1.81. The van der Waals surface area contributed by atoms with Crippen molar-refractivity contribution in [3.8, 4) is 11.8 Å². The molecule has 0 heterocycles. The summed E-state index contributed by atoms with van der Waals surface area (Å²) >= 11 is 0. The predicted molar refractivity (Wildman–Crippen MR) is 61.9 cm³/mol. The maximum Gasteiger partial charge on any atom is 0.0248 e. The van der Waals surface area contributed by atoms with Crippen molar-refractivity contribution in [2.45, 2.75) is 13.8 Å². The Morgan fingerprint density at radius 3 is 2.57 bits per heavy atom. The molecule has 70 valence electrons. The molecule has 0 amide bonds. The van der Waals surface area contributed by atoms with E-state index in [1.54, 1.807) is 0 Å². The van der Waals surface area contributed by atoms with Crippen LogP contribution in [0.2, 0.25) is 0 Å². The molecule has 0 aliphatic heterocycles. The van der Waals surface area contributed by atoms with E-state index in [0.29, 0.717) is 0 Å². The van der Waals surface area contributed by atoms with Gasteiger partial charge in [0.15, 0.2) is 0 Å².